The molecule has 0 fully saturated rings. The summed E-state index contributed by atoms with van der Waals surface area (Å²) in [6.07, 6.45) is 0. The van der Waals surface area contributed by atoms with Crippen LogP contribution in [0, 0.1) is 6.92 Å². The molecule has 0 heterocycles. The second-order valence-corrected chi connectivity index (χ2v) is 6.70. The fourth-order valence-electron chi connectivity index (χ4n) is 2.57. The highest BCUT2D eigenvalue weighted by Crippen LogP contribution is 2.23. The summed E-state index contributed by atoms with van der Waals surface area (Å²) in [6, 6.07) is 18.1. The first-order valence-corrected chi connectivity index (χ1v) is 9.35. The molecule has 24 heavy (non-hydrogen) atoms. The van der Waals surface area contributed by atoms with E-state index in [9.17, 15) is 4.79 Å². The van der Waals surface area contributed by atoms with Gasteiger partial charge in [-0.25, -0.2) is 4.79 Å². The molecule has 0 aliphatic carbocycles. The average Bonchev–Trinajstić information content (AvgIpc) is 2.60. The number of thioether (sulfide) groups is 1. The van der Waals surface area contributed by atoms with Gasteiger partial charge in [0.2, 0.25) is 0 Å². The van der Waals surface area contributed by atoms with Crippen LogP contribution >= 0.6 is 11.8 Å². The fraction of sp³-hybridized carbons (Fsp3) is 0.350. The maximum Gasteiger partial charge on any atom is 0.329 e. The molecule has 1 atom stereocenters. The molecule has 0 unspecified atom stereocenters. The van der Waals surface area contributed by atoms with Gasteiger partial charge in [-0.05, 0) is 31.0 Å². The highest BCUT2D eigenvalue weighted by atomic mass is 32.2. The Hall–Kier alpha value is -1.94. The summed E-state index contributed by atoms with van der Waals surface area (Å²) in [6.45, 7) is 4.31. The number of aryl methyl sites for hydroxylation is 1. The van der Waals surface area contributed by atoms with Crippen molar-refractivity contribution in [1.82, 2.24) is 0 Å². The molecule has 2 aromatic carbocycles. The fourth-order valence-corrected chi connectivity index (χ4v) is 3.70. The molecular formula is C20H25NO2S. The summed E-state index contributed by atoms with van der Waals surface area (Å²) in [5.41, 5.74) is 3.49. The lowest BCUT2D eigenvalue weighted by atomic mass is 10.1. The Morgan fingerprint density at radius 2 is 1.79 bits per heavy atom. The number of esters is 1. The first kappa shape index (κ1) is 18.4. The predicted octanol–water partition coefficient (Wildman–Crippen LogP) is 4.30. The van der Waals surface area contributed by atoms with Crippen molar-refractivity contribution >= 4 is 23.4 Å². The summed E-state index contributed by atoms with van der Waals surface area (Å²) in [4.78, 5) is 14.5. The molecule has 0 amide bonds. The zero-order valence-electron chi connectivity index (χ0n) is 14.6. The van der Waals surface area contributed by atoms with Gasteiger partial charge >= 0.3 is 5.97 Å². The minimum Gasteiger partial charge on any atom is -0.464 e. The summed E-state index contributed by atoms with van der Waals surface area (Å²) >= 11 is 1.75. The topological polar surface area (TPSA) is 29.5 Å². The SMILES string of the molecule is CCOC(=O)[C@H](CSCc1ccccc1)N(C)c1ccccc1C. The molecule has 0 spiro atoms. The van der Waals surface area contributed by atoms with Crippen LogP contribution in [-0.4, -0.2) is 31.4 Å². The summed E-state index contributed by atoms with van der Waals surface area (Å²) in [5, 5.41) is 0. The van der Waals surface area contributed by atoms with Crippen LogP contribution in [0.4, 0.5) is 5.69 Å². The largest absolute Gasteiger partial charge is 0.464 e. The predicted molar refractivity (Wildman–Crippen MR) is 103 cm³/mol. The highest BCUT2D eigenvalue weighted by Gasteiger charge is 2.25. The van der Waals surface area contributed by atoms with E-state index in [-0.39, 0.29) is 12.0 Å². The van der Waals surface area contributed by atoms with E-state index in [2.05, 4.69) is 25.1 Å². The van der Waals surface area contributed by atoms with Gasteiger partial charge in [-0.3, -0.25) is 0 Å². The number of likely N-dealkylation sites (N-methyl/N-ethyl adjacent to an activating group) is 1. The van der Waals surface area contributed by atoms with Gasteiger partial charge in [-0.15, -0.1) is 0 Å². The smallest absolute Gasteiger partial charge is 0.329 e. The Bertz CT molecular complexity index is 645. The number of hydrogen-bond donors (Lipinski definition) is 0. The lowest BCUT2D eigenvalue weighted by molar-refractivity contribution is -0.144. The lowest BCUT2D eigenvalue weighted by Crippen LogP contribution is -2.42. The number of hydrogen-bond acceptors (Lipinski definition) is 4. The number of rotatable bonds is 8. The molecule has 3 nitrogen and oxygen atoms in total. The standard InChI is InChI=1S/C20H25NO2S/c1-4-23-20(22)19(15-24-14-17-11-6-5-7-12-17)21(3)18-13-9-8-10-16(18)2/h5-13,19H,4,14-15H2,1-3H3/t19-/m0/s1. The Labute approximate surface area is 149 Å². The normalized spacial score (nSPS) is 11.8. The molecule has 0 radical (unpaired) electrons. The lowest BCUT2D eigenvalue weighted by Gasteiger charge is -2.29. The zero-order chi connectivity index (χ0) is 17.4. The summed E-state index contributed by atoms with van der Waals surface area (Å²) in [5.74, 6) is 1.42. The Morgan fingerprint density at radius 3 is 2.46 bits per heavy atom. The van der Waals surface area contributed by atoms with Crippen LogP contribution in [0.2, 0.25) is 0 Å². The third-order valence-corrected chi connectivity index (χ3v) is 5.00. The van der Waals surface area contributed by atoms with Gasteiger partial charge in [0.25, 0.3) is 0 Å². The Morgan fingerprint density at radius 1 is 1.12 bits per heavy atom. The van der Waals surface area contributed by atoms with Gasteiger partial charge in [0.1, 0.15) is 6.04 Å². The average molecular weight is 343 g/mol. The molecule has 0 saturated heterocycles. The number of benzene rings is 2. The van der Waals surface area contributed by atoms with E-state index in [4.69, 9.17) is 4.74 Å². The van der Waals surface area contributed by atoms with Gasteiger partial charge in [-0.1, -0.05) is 48.5 Å². The van der Waals surface area contributed by atoms with Crippen LogP contribution in [0.5, 0.6) is 0 Å². The van der Waals surface area contributed by atoms with Crippen molar-refractivity contribution in [3.05, 3.63) is 65.7 Å². The van der Waals surface area contributed by atoms with Crippen LogP contribution < -0.4 is 4.90 Å². The van der Waals surface area contributed by atoms with Crippen molar-refractivity contribution in [2.75, 3.05) is 24.3 Å². The molecule has 0 aromatic heterocycles. The molecule has 2 rings (SSSR count). The second-order valence-electron chi connectivity index (χ2n) is 5.67. The first-order chi connectivity index (χ1) is 11.6. The van der Waals surface area contributed by atoms with E-state index in [0.717, 1.165) is 17.0 Å². The van der Waals surface area contributed by atoms with Gasteiger partial charge in [0, 0.05) is 24.2 Å². The van der Waals surface area contributed by atoms with Crippen LogP contribution in [0.15, 0.2) is 54.6 Å². The van der Waals surface area contributed by atoms with Crippen molar-refractivity contribution in [3.8, 4) is 0 Å². The van der Waals surface area contributed by atoms with Gasteiger partial charge in [0.15, 0.2) is 0 Å². The zero-order valence-corrected chi connectivity index (χ0v) is 15.4. The van der Waals surface area contributed by atoms with E-state index in [0.29, 0.717) is 12.4 Å². The number of carbonyl (C=O) groups is 1. The number of para-hydroxylation sites is 1. The highest BCUT2D eigenvalue weighted by molar-refractivity contribution is 7.98. The molecule has 2 aromatic rings. The first-order valence-electron chi connectivity index (χ1n) is 8.20. The van der Waals surface area contributed by atoms with Crippen LogP contribution in [0.25, 0.3) is 0 Å². The molecule has 0 N–H and O–H groups in total. The van der Waals surface area contributed by atoms with Crippen molar-refractivity contribution in [3.63, 3.8) is 0 Å². The van der Waals surface area contributed by atoms with Gasteiger partial charge in [-0.2, -0.15) is 11.8 Å². The molecular weight excluding hydrogens is 318 g/mol. The van der Waals surface area contributed by atoms with Crippen molar-refractivity contribution in [2.45, 2.75) is 25.6 Å². The van der Waals surface area contributed by atoms with E-state index in [1.165, 1.54) is 5.56 Å². The molecule has 0 saturated carbocycles. The molecule has 128 valence electrons. The maximum atomic E-state index is 12.4. The summed E-state index contributed by atoms with van der Waals surface area (Å²) in [7, 11) is 1.97. The monoisotopic (exact) mass is 343 g/mol. The number of anilines is 1. The Kier molecular flexibility index (Phi) is 7.19. The third-order valence-electron chi connectivity index (χ3n) is 3.91. The molecule has 0 bridgehead atoms. The summed E-state index contributed by atoms with van der Waals surface area (Å²) < 4.78 is 5.30. The van der Waals surface area contributed by atoms with Crippen molar-refractivity contribution in [1.29, 1.82) is 0 Å². The van der Waals surface area contributed by atoms with Crippen LogP contribution in [0.3, 0.4) is 0 Å². The molecule has 4 heteroatoms. The second kappa shape index (κ2) is 9.38. The van der Waals surface area contributed by atoms with Crippen LogP contribution in [0.1, 0.15) is 18.1 Å². The van der Waals surface area contributed by atoms with Crippen molar-refractivity contribution in [2.24, 2.45) is 0 Å². The number of ether oxygens (including phenoxy) is 1. The van der Waals surface area contributed by atoms with E-state index >= 15 is 0 Å². The molecule has 0 aliphatic heterocycles. The Balaban J connectivity index is 2.07. The van der Waals surface area contributed by atoms with Gasteiger partial charge in [0.05, 0.1) is 6.61 Å². The van der Waals surface area contributed by atoms with Crippen LogP contribution in [-0.2, 0) is 15.3 Å². The quantitative estimate of drug-likeness (QED) is 0.669. The minimum absolute atomic E-state index is 0.163. The maximum absolute atomic E-state index is 12.4. The molecule has 0 aliphatic rings. The number of nitrogens with zero attached hydrogens (tertiary/aromatic N) is 1. The minimum atomic E-state index is -0.292. The van der Waals surface area contributed by atoms with E-state index in [1.807, 2.05) is 55.3 Å². The van der Waals surface area contributed by atoms with Gasteiger partial charge < -0.3 is 9.64 Å². The van der Waals surface area contributed by atoms with Crippen molar-refractivity contribution < 1.29 is 9.53 Å². The van der Waals surface area contributed by atoms with E-state index < -0.39 is 0 Å². The van der Waals surface area contributed by atoms with E-state index in [1.54, 1.807) is 11.8 Å². The third kappa shape index (κ3) is 5.03. The number of carbonyl (C=O) groups excluding carboxylic acids is 1.